The lowest BCUT2D eigenvalue weighted by atomic mass is 10.0. The maximum Gasteiger partial charge on any atom is 0.186 e. The number of methoxy groups -OCH3 is 1. The van der Waals surface area contributed by atoms with Gasteiger partial charge < -0.3 is 9.84 Å². The fourth-order valence-corrected chi connectivity index (χ4v) is 3.93. The topological polar surface area (TPSA) is 83.3 Å². The third kappa shape index (κ3) is 2.65. The average Bonchev–Trinajstić information content (AvgIpc) is 3.10. The summed E-state index contributed by atoms with van der Waals surface area (Å²) in [5.74, 6) is -0.313. The van der Waals surface area contributed by atoms with Crippen molar-refractivity contribution in [3.05, 3.63) is 45.3 Å². The molecule has 0 unspecified atom stereocenters. The van der Waals surface area contributed by atoms with Gasteiger partial charge in [0.2, 0.25) is 0 Å². The van der Waals surface area contributed by atoms with Crippen LogP contribution in [0.2, 0.25) is 0 Å². The number of Topliss-reactive ketones (excluding diaryl/α,β-unsaturated/α-hetero) is 1. The van der Waals surface area contributed by atoms with E-state index in [-0.39, 0.29) is 16.6 Å². The highest BCUT2D eigenvalue weighted by Gasteiger charge is 2.38. The molecule has 1 saturated heterocycles. The fourth-order valence-electron chi connectivity index (χ4n) is 2.13. The van der Waals surface area contributed by atoms with Crippen LogP contribution in [0.25, 0.3) is 6.08 Å². The van der Waals surface area contributed by atoms with Crippen LogP contribution in [-0.2, 0) is 4.79 Å². The molecule has 1 aliphatic rings. The highest BCUT2D eigenvalue weighted by Crippen LogP contribution is 2.41. The van der Waals surface area contributed by atoms with Crippen LogP contribution in [0.1, 0.15) is 16.5 Å². The lowest BCUT2D eigenvalue weighted by Crippen LogP contribution is -2.11. The number of hydrogen-bond donors (Lipinski definition) is 2. The van der Waals surface area contributed by atoms with Crippen LogP contribution in [0.4, 0.5) is 0 Å². The maximum absolute atomic E-state index is 12.5. The van der Waals surface area contributed by atoms with Gasteiger partial charge in [-0.25, -0.2) is 4.98 Å². The second-order valence-electron chi connectivity index (χ2n) is 4.57. The summed E-state index contributed by atoms with van der Waals surface area (Å²) < 4.78 is 5.06. The maximum atomic E-state index is 12.5. The van der Waals surface area contributed by atoms with Crippen molar-refractivity contribution in [2.75, 3.05) is 7.11 Å². The zero-order chi connectivity index (χ0) is 15.7. The minimum absolute atomic E-state index is 0.0449. The monoisotopic (exact) mass is 332 g/mol. The molecule has 112 valence electrons. The van der Waals surface area contributed by atoms with Crippen molar-refractivity contribution in [3.63, 3.8) is 0 Å². The molecule has 0 spiro atoms. The summed E-state index contributed by atoms with van der Waals surface area (Å²) in [4.78, 5) is 17.1. The number of aromatic hydroxyl groups is 1. The summed E-state index contributed by atoms with van der Waals surface area (Å²) in [6, 6.07) is 4.86. The first-order chi connectivity index (χ1) is 10.6. The quantitative estimate of drug-likeness (QED) is 0.843. The Kier molecular flexibility index (Phi) is 4.00. The van der Waals surface area contributed by atoms with Gasteiger partial charge in [0.1, 0.15) is 10.9 Å². The van der Waals surface area contributed by atoms with Crippen molar-refractivity contribution in [3.8, 4) is 11.5 Å². The van der Waals surface area contributed by atoms with E-state index in [2.05, 4.69) is 4.98 Å². The molecule has 1 aromatic heterocycles. The van der Waals surface area contributed by atoms with Gasteiger partial charge in [-0.05, 0) is 23.8 Å². The summed E-state index contributed by atoms with van der Waals surface area (Å²) in [6.07, 6.45) is 3.34. The van der Waals surface area contributed by atoms with E-state index in [0.29, 0.717) is 15.7 Å². The number of ether oxygens (including phenoxy) is 1. The van der Waals surface area contributed by atoms with Gasteiger partial charge in [0.05, 0.1) is 17.1 Å². The van der Waals surface area contributed by atoms with E-state index in [0.717, 1.165) is 17.3 Å². The number of phenolic OH excluding ortho intramolecular Hbond substituents is 1. The number of allylic oxidation sites excluding steroid dienone is 1. The molecular weight excluding hydrogens is 320 g/mol. The van der Waals surface area contributed by atoms with Crippen LogP contribution in [0, 0.1) is 5.41 Å². The molecule has 0 saturated carbocycles. The molecule has 2 heterocycles. The van der Waals surface area contributed by atoms with Crippen molar-refractivity contribution in [1.29, 1.82) is 5.41 Å². The number of nitrogens with one attached hydrogen (secondary N) is 1. The Balaban J connectivity index is 1.93. The van der Waals surface area contributed by atoms with Crippen LogP contribution >= 0.6 is 23.1 Å². The zero-order valence-corrected chi connectivity index (χ0v) is 13.2. The van der Waals surface area contributed by atoms with Gasteiger partial charge in [0.15, 0.2) is 17.3 Å². The predicted octanol–water partition coefficient (Wildman–Crippen LogP) is 3.28. The molecule has 0 radical (unpaired) electrons. The summed E-state index contributed by atoms with van der Waals surface area (Å²) >= 11 is 2.53. The standard InChI is InChI=1S/C15H12N2O3S2/c1-20-10-6-8(2-3-9(10)18)7-11-13(19)12(14(16)22-11)15-17-4-5-21-15/h2-7,12,16,18H,1H3/b11-7-,16-14?/t12-/m0/s1. The Morgan fingerprint density at radius 2 is 2.27 bits per heavy atom. The number of carbonyl (C=O) groups excluding carboxylic acids is 1. The minimum Gasteiger partial charge on any atom is -0.504 e. The molecule has 1 aromatic carbocycles. The number of nitrogens with zero attached hydrogens (tertiary/aromatic N) is 1. The van der Waals surface area contributed by atoms with E-state index >= 15 is 0 Å². The van der Waals surface area contributed by atoms with E-state index in [4.69, 9.17) is 10.1 Å². The third-order valence-electron chi connectivity index (χ3n) is 3.19. The highest BCUT2D eigenvalue weighted by molar-refractivity contribution is 8.19. The van der Waals surface area contributed by atoms with Gasteiger partial charge >= 0.3 is 0 Å². The van der Waals surface area contributed by atoms with Crippen LogP contribution in [0.15, 0.2) is 34.7 Å². The molecule has 3 rings (SSSR count). The molecule has 0 bridgehead atoms. The van der Waals surface area contributed by atoms with Crippen molar-refractivity contribution < 1.29 is 14.6 Å². The largest absolute Gasteiger partial charge is 0.504 e. The molecule has 1 aliphatic heterocycles. The molecule has 22 heavy (non-hydrogen) atoms. The van der Waals surface area contributed by atoms with Crippen molar-refractivity contribution in [2.24, 2.45) is 0 Å². The Labute approximate surface area is 135 Å². The van der Waals surface area contributed by atoms with E-state index < -0.39 is 5.92 Å². The number of benzene rings is 1. The van der Waals surface area contributed by atoms with E-state index in [9.17, 15) is 9.90 Å². The Morgan fingerprint density at radius 3 is 2.95 bits per heavy atom. The lowest BCUT2D eigenvalue weighted by Gasteiger charge is -2.04. The second kappa shape index (κ2) is 5.94. The number of aromatic nitrogens is 1. The number of carbonyl (C=O) groups is 1. The second-order valence-corrected chi connectivity index (χ2v) is 6.58. The minimum atomic E-state index is -0.588. The summed E-state index contributed by atoms with van der Waals surface area (Å²) in [5, 5.41) is 20.4. The number of phenols is 1. The fraction of sp³-hybridized carbons (Fsp3) is 0.133. The SMILES string of the molecule is COc1cc(/C=C2\SC(=N)[C@@H](c3nccs3)C2=O)ccc1O. The lowest BCUT2D eigenvalue weighted by molar-refractivity contribution is -0.114. The summed E-state index contributed by atoms with van der Waals surface area (Å²) in [7, 11) is 1.47. The third-order valence-corrected chi connectivity index (χ3v) is 5.02. The van der Waals surface area contributed by atoms with Gasteiger partial charge in [0, 0.05) is 11.6 Å². The Bertz CT molecular complexity index is 769. The van der Waals surface area contributed by atoms with Gasteiger partial charge in [-0.2, -0.15) is 0 Å². The molecule has 2 aromatic rings. The molecule has 5 nitrogen and oxygen atoms in total. The summed E-state index contributed by atoms with van der Waals surface area (Å²) in [6.45, 7) is 0. The van der Waals surface area contributed by atoms with E-state index in [1.165, 1.54) is 24.5 Å². The normalized spacial score (nSPS) is 19.9. The average molecular weight is 332 g/mol. The van der Waals surface area contributed by atoms with Crippen LogP contribution < -0.4 is 4.74 Å². The molecule has 0 aliphatic carbocycles. The molecule has 1 atom stereocenters. The molecule has 7 heteroatoms. The molecular formula is C15H12N2O3S2. The Morgan fingerprint density at radius 1 is 1.45 bits per heavy atom. The number of ketones is 1. The van der Waals surface area contributed by atoms with Crippen molar-refractivity contribution in [1.82, 2.24) is 4.98 Å². The molecule has 1 fully saturated rings. The molecule has 0 amide bonds. The smallest absolute Gasteiger partial charge is 0.186 e. The zero-order valence-electron chi connectivity index (χ0n) is 11.6. The van der Waals surface area contributed by atoms with Crippen molar-refractivity contribution in [2.45, 2.75) is 5.92 Å². The van der Waals surface area contributed by atoms with Gasteiger partial charge in [-0.3, -0.25) is 10.2 Å². The summed E-state index contributed by atoms with van der Waals surface area (Å²) in [5.41, 5.74) is 0.734. The van der Waals surface area contributed by atoms with Gasteiger partial charge in [-0.1, -0.05) is 17.8 Å². The first kappa shape index (κ1) is 14.8. The van der Waals surface area contributed by atoms with Crippen LogP contribution in [0.3, 0.4) is 0 Å². The number of thioether (sulfide) groups is 1. The number of rotatable bonds is 3. The van der Waals surface area contributed by atoms with Crippen molar-refractivity contribution >= 4 is 40.0 Å². The van der Waals surface area contributed by atoms with Crippen LogP contribution in [-0.4, -0.2) is 28.0 Å². The Hall–Kier alpha value is -2.12. The van der Waals surface area contributed by atoms with Crippen LogP contribution in [0.5, 0.6) is 11.5 Å². The first-order valence-electron chi connectivity index (χ1n) is 6.38. The first-order valence-corrected chi connectivity index (χ1v) is 8.08. The number of hydrogen-bond acceptors (Lipinski definition) is 7. The van der Waals surface area contributed by atoms with Gasteiger partial charge in [-0.15, -0.1) is 11.3 Å². The predicted molar refractivity (Wildman–Crippen MR) is 87.8 cm³/mol. The van der Waals surface area contributed by atoms with E-state index in [1.807, 2.05) is 0 Å². The highest BCUT2D eigenvalue weighted by atomic mass is 32.2. The van der Waals surface area contributed by atoms with E-state index in [1.54, 1.807) is 29.8 Å². The number of thiazole rings is 1. The van der Waals surface area contributed by atoms with Gasteiger partial charge in [0.25, 0.3) is 0 Å². The molecule has 2 N–H and O–H groups in total.